The molecular weight excluding hydrogens is 346 g/mol. The third-order valence-corrected chi connectivity index (χ3v) is 4.43. The van der Waals surface area contributed by atoms with Gasteiger partial charge >= 0.3 is 0 Å². The molecule has 1 unspecified atom stereocenters. The van der Waals surface area contributed by atoms with E-state index >= 15 is 0 Å². The van der Waals surface area contributed by atoms with Crippen molar-refractivity contribution >= 4 is 5.91 Å². The SMILES string of the molecule is CCOc1ccc(CC(=O)N2CCCC(Oc3ccc(OC)nn3)C2)cc1. The second-order valence-electron chi connectivity index (χ2n) is 6.39. The topological polar surface area (TPSA) is 73.8 Å². The Kier molecular flexibility index (Phi) is 6.46. The lowest BCUT2D eigenvalue weighted by molar-refractivity contribution is -0.133. The second-order valence-corrected chi connectivity index (χ2v) is 6.39. The number of carbonyl (C=O) groups is 1. The number of aromatic nitrogens is 2. The lowest BCUT2D eigenvalue weighted by Crippen LogP contribution is -2.45. The van der Waals surface area contributed by atoms with Crippen molar-refractivity contribution in [3.63, 3.8) is 0 Å². The van der Waals surface area contributed by atoms with Gasteiger partial charge < -0.3 is 19.1 Å². The molecule has 1 saturated heterocycles. The Bertz CT molecular complexity index is 734. The largest absolute Gasteiger partial charge is 0.494 e. The first kappa shape index (κ1) is 18.9. The Labute approximate surface area is 159 Å². The zero-order chi connectivity index (χ0) is 19.1. The van der Waals surface area contributed by atoms with E-state index in [0.717, 1.165) is 30.7 Å². The van der Waals surface area contributed by atoms with Crippen molar-refractivity contribution in [2.24, 2.45) is 0 Å². The summed E-state index contributed by atoms with van der Waals surface area (Å²) in [5.74, 6) is 1.81. The van der Waals surface area contributed by atoms with Gasteiger partial charge in [0.1, 0.15) is 11.9 Å². The average Bonchev–Trinajstić information content (AvgIpc) is 2.70. The summed E-state index contributed by atoms with van der Waals surface area (Å²) in [5.41, 5.74) is 0.979. The molecule has 1 atom stereocenters. The fourth-order valence-corrected chi connectivity index (χ4v) is 3.07. The van der Waals surface area contributed by atoms with Gasteiger partial charge in [-0.25, -0.2) is 0 Å². The molecule has 0 aliphatic carbocycles. The van der Waals surface area contributed by atoms with Crippen LogP contribution < -0.4 is 14.2 Å². The average molecular weight is 371 g/mol. The number of rotatable bonds is 7. The highest BCUT2D eigenvalue weighted by molar-refractivity contribution is 5.79. The van der Waals surface area contributed by atoms with Crippen molar-refractivity contribution in [1.82, 2.24) is 15.1 Å². The van der Waals surface area contributed by atoms with Crippen molar-refractivity contribution in [2.45, 2.75) is 32.3 Å². The van der Waals surface area contributed by atoms with Crippen LogP contribution in [0.15, 0.2) is 36.4 Å². The van der Waals surface area contributed by atoms with Gasteiger partial charge in [-0.3, -0.25) is 4.79 Å². The van der Waals surface area contributed by atoms with Gasteiger partial charge in [-0.15, -0.1) is 10.2 Å². The van der Waals surface area contributed by atoms with Crippen molar-refractivity contribution in [3.8, 4) is 17.5 Å². The van der Waals surface area contributed by atoms with E-state index in [-0.39, 0.29) is 12.0 Å². The molecule has 2 heterocycles. The molecule has 1 aromatic heterocycles. The van der Waals surface area contributed by atoms with Crippen molar-refractivity contribution in [1.29, 1.82) is 0 Å². The van der Waals surface area contributed by atoms with E-state index in [1.807, 2.05) is 36.1 Å². The Morgan fingerprint density at radius 1 is 1.15 bits per heavy atom. The number of hydrogen-bond acceptors (Lipinski definition) is 6. The van der Waals surface area contributed by atoms with Crippen LogP contribution in [0.25, 0.3) is 0 Å². The monoisotopic (exact) mass is 371 g/mol. The zero-order valence-electron chi connectivity index (χ0n) is 15.8. The van der Waals surface area contributed by atoms with E-state index in [1.165, 1.54) is 0 Å². The zero-order valence-corrected chi connectivity index (χ0v) is 15.8. The highest BCUT2D eigenvalue weighted by Gasteiger charge is 2.25. The normalized spacial score (nSPS) is 16.7. The fraction of sp³-hybridized carbons (Fsp3) is 0.450. The van der Waals surface area contributed by atoms with Crippen LogP contribution in [-0.4, -0.2) is 53.9 Å². The van der Waals surface area contributed by atoms with Gasteiger partial charge in [-0.05, 0) is 37.5 Å². The van der Waals surface area contributed by atoms with Gasteiger partial charge in [0.25, 0.3) is 0 Å². The summed E-state index contributed by atoms with van der Waals surface area (Å²) in [6.07, 6.45) is 2.09. The molecule has 144 valence electrons. The molecule has 1 aliphatic rings. The predicted molar refractivity (Wildman–Crippen MR) is 100 cm³/mol. The molecule has 1 aromatic carbocycles. The van der Waals surface area contributed by atoms with Crippen LogP contribution in [0.2, 0.25) is 0 Å². The third kappa shape index (κ3) is 5.32. The van der Waals surface area contributed by atoms with Gasteiger partial charge in [0.15, 0.2) is 0 Å². The summed E-state index contributed by atoms with van der Waals surface area (Å²) in [5, 5.41) is 7.90. The third-order valence-electron chi connectivity index (χ3n) is 4.43. The van der Waals surface area contributed by atoms with Crippen LogP contribution in [0, 0.1) is 0 Å². The summed E-state index contributed by atoms with van der Waals surface area (Å²) >= 11 is 0. The standard InChI is InChI=1S/C20H25N3O4/c1-3-26-16-8-6-15(7-9-16)13-20(24)23-12-4-5-17(14-23)27-19-11-10-18(25-2)21-22-19/h6-11,17H,3-5,12-14H2,1-2H3. The number of amides is 1. The maximum Gasteiger partial charge on any atom is 0.233 e. The molecule has 7 nitrogen and oxygen atoms in total. The molecule has 2 aromatic rings. The number of ether oxygens (including phenoxy) is 3. The summed E-state index contributed by atoms with van der Waals surface area (Å²) in [7, 11) is 1.54. The van der Waals surface area contributed by atoms with Crippen molar-refractivity contribution in [2.75, 3.05) is 26.8 Å². The van der Waals surface area contributed by atoms with Gasteiger partial charge in [-0.1, -0.05) is 12.1 Å². The molecule has 27 heavy (non-hydrogen) atoms. The van der Waals surface area contributed by atoms with Gasteiger partial charge in [0.2, 0.25) is 17.7 Å². The summed E-state index contributed by atoms with van der Waals surface area (Å²) < 4.78 is 16.3. The van der Waals surface area contributed by atoms with E-state index in [0.29, 0.717) is 31.3 Å². The highest BCUT2D eigenvalue weighted by atomic mass is 16.5. The van der Waals surface area contributed by atoms with E-state index < -0.39 is 0 Å². The Balaban J connectivity index is 1.53. The van der Waals surface area contributed by atoms with E-state index in [9.17, 15) is 4.79 Å². The fourth-order valence-electron chi connectivity index (χ4n) is 3.07. The van der Waals surface area contributed by atoms with Crippen LogP contribution >= 0.6 is 0 Å². The molecule has 0 saturated carbocycles. The second kappa shape index (κ2) is 9.21. The lowest BCUT2D eigenvalue weighted by atomic mass is 10.1. The quantitative estimate of drug-likeness (QED) is 0.745. The van der Waals surface area contributed by atoms with E-state index in [2.05, 4.69) is 10.2 Å². The number of carbonyl (C=O) groups excluding carboxylic acids is 1. The van der Waals surface area contributed by atoms with E-state index in [1.54, 1.807) is 19.2 Å². The predicted octanol–water partition coefficient (Wildman–Crippen LogP) is 2.50. The van der Waals surface area contributed by atoms with Crippen LogP contribution in [0.5, 0.6) is 17.5 Å². The molecule has 0 radical (unpaired) electrons. The first-order valence-corrected chi connectivity index (χ1v) is 9.22. The maximum atomic E-state index is 12.7. The van der Waals surface area contributed by atoms with Crippen LogP contribution in [0.3, 0.4) is 0 Å². The Morgan fingerprint density at radius 3 is 2.56 bits per heavy atom. The van der Waals surface area contributed by atoms with Crippen molar-refractivity contribution in [3.05, 3.63) is 42.0 Å². The number of likely N-dealkylation sites (tertiary alicyclic amines) is 1. The number of piperidine rings is 1. The molecule has 1 aliphatic heterocycles. The van der Waals surface area contributed by atoms with Gasteiger partial charge in [0.05, 0.1) is 26.7 Å². The summed E-state index contributed by atoms with van der Waals surface area (Å²) in [4.78, 5) is 14.5. The first-order chi connectivity index (χ1) is 13.2. The van der Waals surface area contributed by atoms with Crippen LogP contribution in [0.1, 0.15) is 25.3 Å². The summed E-state index contributed by atoms with van der Waals surface area (Å²) in [6.45, 7) is 3.89. The molecular formula is C20H25N3O4. The maximum absolute atomic E-state index is 12.7. The molecule has 0 bridgehead atoms. The number of benzene rings is 1. The molecule has 0 N–H and O–H groups in total. The minimum absolute atomic E-state index is 0.0780. The number of nitrogens with zero attached hydrogens (tertiary/aromatic N) is 3. The van der Waals surface area contributed by atoms with Crippen LogP contribution in [0.4, 0.5) is 0 Å². The lowest BCUT2D eigenvalue weighted by Gasteiger charge is -2.32. The molecule has 3 rings (SSSR count). The highest BCUT2D eigenvalue weighted by Crippen LogP contribution is 2.19. The number of methoxy groups -OCH3 is 1. The summed E-state index contributed by atoms with van der Waals surface area (Å²) in [6, 6.07) is 11.1. The minimum Gasteiger partial charge on any atom is -0.494 e. The van der Waals surface area contributed by atoms with Gasteiger partial charge in [0, 0.05) is 18.7 Å². The molecule has 7 heteroatoms. The smallest absolute Gasteiger partial charge is 0.233 e. The molecule has 1 fully saturated rings. The Hall–Kier alpha value is -2.83. The molecule has 0 spiro atoms. The number of hydrogen-bond donors (Lipinski definition) is 0. The molecule has 1 amide bonds. The van der Waals surface area contributed by atoms with Gasteiger partial charge in [-0.2, -0.15) is 0 Å². The van der Waals surface area contributed by atoms with Crippen LogP contribution in [-0.2, 0) is 11.2 Å². The minimum atomic E-state index is -0.0780. The van der Waals surface area contributed by atoms with Crippen molar-refractivity contribution < 1.29 is 19.0 Å². The van der Waals surface area contributed by atoms with E-state index in [4.69, 9.17) is 14.2 Å². The Morgan fingerprint density at radius 2 is 1.89 bits per heavy atom. The first-order valence-electron chi connectivity index (χ1n) is 9.22.